The highest BCUT2D eigenvalue weighted by molar-refractivity contribution is 6.04. The van der Waals surface area contributed by atoms with E-state index in [0.717, 1.165) is 30.4 Å². The second-order valence-electron chi connectivity index (χ2n) is 6.26. The van der Waals surface area contributed by atoms with E-state index in [2.05, 4.69) is 15.3 Å². The fraction of sp³-hybridized carbons (Fsp3) is 0.250. The molecule has 0 aliphatic carbocycles. The van der Waals surface area contributed by atoms with E-state index >= 15 is 0 Å². The van der Waals surface area contributed by atoms with Gasteiger partial charge in [0.15, 0.2) is 0 Å². The van der Waals surface area contributed by atoms with Gasteiger partial charge in [0, 0.05) is 36.0 Å². The van der Waals surface area contributed by atoms with Crippen molar-refractivity contribution >= 4 is 22.4 Å². The molecular weight excluding hydrogens is 330 g/mol. The van der Waals surface area contributed by atoms with Crippen molar-refractivity contribution in [2.75, 3.05) is 25.1 Å². The van der Waals surface area contributed by atoms with Crippen molar-refractivity contribution in [1.82, 2.24) is 9.97 Å². The lowest BCUT2D eigenvalue weighted by molar-refractivity contribution is 0.102. The van der Waals surface area contributed by atoms with E-state index in [1.165, 1.54) is 0 Å². The molecule has 4 rings (SSSR count). The summed E-state index contributed by atoms with van der Waals surface area (Å²) in [6.07, 6.45) is 4.33. The lowest BCUT2D eigenvalue weighted by Crippen LogP contribution is -2.13. The van der Waals surface area contributed by atoms with Gasteiger partial charge in [-0.25, -0.2) is 4.98 Å². The van der Waals surface area contributed by atoms with E-state index in [-0.39, 0.29) is 5.91 Å². The molecular formula is C20H19N3O3. The number of amides is 1. The predicted molar refractivity (Wildman–Crippen MR) is 98.4 cm³/mol. The van der Waals surface area contributed by atoms with Crippen molar-refractivity contribution < 1.29 is 14.3 Å². The molecule has 2 aromatic heterocycles. The SMILES string of the molecule is O=C(Nc1ccc2c(OCC3CCOC3)nccc2c1)c1ccccn1. The highest BCUT2D eigenvalue weighted by atomic mass is 16.5. The molecule has 0 bridgehead atoms. The van der Waals surface area contributed by atoms with Crippen LogP contribution in [0.2, 0.25) is 0 Å². The molecule has 132 valence electrons. The summed E-state index contributed by atoms with van der Waals surface area (Å²) in [5.74, 6) is 0.790. The zero-order chi connectivity index (χ0) is 17.8. The summed E-state index contributed by atoms with van der Waals surface area (Å²) in [4.78, 5) is 20.7. The third kappa shape index (κ3) is 3.65. The van der Waals surface area contributed by atoms with Crippen LogP contribution in [0.15, 0.2) is 54.9 Å². The van der Waals surface area contributed by atoms with Crippen molar-refractivity contribution in [1.29, 1.82) is 0 Å². The summed E-state index contributed by atoms with van der Waals surface area (Å²) < 4.78 is 11.3. The predicted octanol–water partition coefficient (Wildman–Crippen LogP) is 3.30. The Labute approximate surface area is 151 Å². The minimum atomic E-state index is -0.239. The summed E-state index contributed by atoms with van der Waals surface area (Å²) >= 11 is 0. The molecule has 1 N–H and O–H groups in total. The summed E-state index contributed by atoms with van der Waals surface area (Å²) in [6.45, 7) is 2.15. The van der Waals surface area contributed by atoms with Crippen molar-refractivity contribution in [3.8, 4) is 5.88 Å². The minimum absolute atomic E-state index is 0.239. The van der Waals surface area contributed by atoms with Gasteiger partial charge >= 0.3 is 0 Å². The molecule has 26 heavy (non-hydrogen) atoms. The van der Waals surface area contributed by atoms with Crippen LogP contribution in [0.3, 0.4) is 0 Å². The van der Waals surface area contributed by atoms with Crippen LogP contribution in [0, 0.1) is 5.92 Å². The van der Waals surface area contributed by atoms with Gasteiger partial charge in [-0.3, -0.25) is 9.78 Å². The van der Waals surface area contributed by atoms with Gasteiger partial charge in [0.25, 0.3) is 5.91 Å². The van der Waals surface area contributed by atoms with E-state index in [4.69, 9.17) is 9.47 Å². The maximum absolute atomic E-state index is 12.2. The molecule has 0 spiro atoms. The van der Waals surface area contributed by atoms with Gasteiger partial charge in [-0.15, -0.1) is 0 Å². The Morgan fingerprint density at radius 3 is 2.96 bits per heavy atom. The molecule has 0 radical (unpaired) electrons. The maximum Gasteiger partial charge on any atom is 0.274 e. The number of rotatable bonds is 5. The third-order valence-corrected chi connectivity index (χ3v) is 4.36. The van der Waals surface area contributed by atoms with Crippen LogP contribution in [0.25, 0.3) is 10.8 Å². The van der Waals surface area contributed by atoms with E-state index in [1.807, 2.05) is 24.3 Å². The number of nitrogens with zero attached hydrogens (tertiary/aromatic N) is 2. The topological polar surface area (TPSA) is 73.3 Å². The highest BCUT2D eigenvalue weighted by Crippen LogP contribution is 2.27. The number of carbonyl (C=O) groups excluding carboxylic acids is 1. The van der Waals surface area contributed by atoms with Gasteiger partial charge in [0.2, 0.25) is 5.88 Å². The summed E-state index contributed by atoms with van der Waals surface area (Å²) in [6, 6.07) is 12.8. The Morgan fingerprint density at radius 1 is 1.19 bits per heavy atom. The number of benzene rings is 1. The van der Waals surface area contributed by atoms with E-state index < -0.39 is 0 Å². The first-order chi connectivity index (χ1) is 12.8. The molecule has 6 heteroatoms. The number of fused-ring (bicyclic) bond motifs is 1. The van der Waals surface area contributed by atoms with Crippen LogP contribution < -0.4 is 10.1 Å². The van der Waals surface area contributed by atoms with E-state index in [9.17, 15) is 4.79 Å². The molecule has 1 fully saturated rings. The zero-order valence-corrected chi connectivity index (χ0v) is 14.2. The Balaban J connectivity index is 1.51. The average Bonchev–Trinajstić information content (AvgIpc) is 3.20. The maximum atomic E-state index is 12.2. The number of carbonyl (C=O) groups is 1. The van der Waals surface area contributed by atoms with Crippen molar-refractivity contribution in [3.05, 3.63) is 60.6 Å². The standard InChI is InChI=1S/C20H19N3O3/c24-19(18-3-1-2-8-21-18)23-16-4-5-17-15(11-16)6-9-22-20(17)26-13-14-7-10-25-12-14/h1-6,8-9,11,14H,7,10,12-13H2,(H,23,24). The van der Waals surface area contributed by atoms with Gasteiger partial charge in [-0.1, -0.05) is 6.07 Å². The minimum Gasteiger partial charge on any atom is -0.477 e. The number of nitrogens with one attached hydrogen (secondary N) is 1. The van der Waals surface area contributed by atoms with Gasteiger partial charge in [-0.05, 0) is 48.2 Å². The number of anilines is 1. The van der Waals surface area contributed by atoms with Crippen LogP contribution >= 0.6 is 0 Å². The smallest absolute Gasteiger partial charge is 0.274 e. The Morgan fingerprint density at radius 2 is 2.15 bits per heavy atom. The molecule has 1 aliphatic heterocycles. The quantitative estimate of drug-likeness (QED) is 0.765. The lowest BCUT2D eigenvalue weighted by atomic mass is 10.1. The van der Waals surface area contributed by atoms with Crippen molar-refractivity contribution in [3.63, 3.8) is 0 Å². The van der Waals surface area contributed by atoms with Crippen molar-refractivity contribution in [2.24, 2.45) is 5.92 Å². The number of aromatic nitrogens is 2. The van der Waals surface area contributed by atoms with Crippen LogP contribution in [0.5, 0.6) is 5.88 Å². The summed E-state index contributed by atoms with van der Waals surface area (Å²) in [5.41, 5.74) is 1.08. The number of pyridine rings is 2. The monoisotopic (exact) mass is 349 g/mol. The first kappa shape index (κ1) is 16.5. The third-order valence-electron chi connectivity index (χ3n) is 4.36. The van der Waals surface area contributed by atoms with Gasteiger partial charge < -0.3 is 14.8 Å². The normalized spacial score (nSPS) is 16.5. The Kier molecular flexibility index (Phi) is 4.75. The number of ether oxygens (including phenoxy) is 2. The molecule has 1 saturated heterocycles. The van der Waals surface area contributed by atoms with Crippen LogP contribution in [0.1, 0.15) is 16.9 Å². The second kappa shape index (κ2) is 7.49. The number of hydrogen-bond donors (Lipinski definition) is 1. The van der Waals surface area contributed by atoms with Crippen LogP contribution in [0.4, 0.5) is 5.69 Å². The molecule has 1 aromatic carbocycles. The Hall–Kier alpha value is -2.99. The largest absolute Gasteiger partial charge is 0.477 e. The van der Waals surface area contributed by atoms with Crippen molar-refractivity contribution in [2.45, 2.75) is 6.42 Å². The Bertz CT molecular complexity index is 909. The average molecular weight is 349 g/mol. The molecule has 0 saturated carbocycles. The van der Waals surface area contributed by atoms with Gasteiger partial charge in [-0.2, -0.15) is 0 Å². The lowest BCUT2D eigenvalue weighted by Gasteiger charge is -2.12. The molecule has 1 atom stereocenters. The van der Waals surface area contributed by atoms with E-state index in [0.29, 0.717) is 29.8 Å². The molecule has 1 amide bonds. The molecule has 3 aromatic rings. The summed E-state index contributed by atoms with van der Waals surface area (Å²) in [5, 5.41) is 4.74. The fourth-order valence-electron chi connectivity index (χ4n) is 2.95. The zero-order valence-electron chi connectivity index (χ0n) is 14.2. The molecule has 6 nitrogen and oxygen atoms in total. The molecule has 1 aliphatic rings. The van der Waals surface area contributed by atoms with E-state index in [1.54, 1.807) is 30.6 Å². The second-order valence-corrected chi connectivity index (χ2v) is 6.26. The van der Waals surface area contributed by atoms with Crippen LogP contribution in [-0.4, -0.2) is 35.7 Å². The first-order valence-electron chi connectivity index (χ1n) is 8.61. The first-order valence-corrected chi connectivity index (χ1v) is 8.61. The summed E-state index contributed by atoms with van der Waals surface area (Å²) in [7, 11) is 0. The number of hydrogen-bond acceptors (Lipinski definition) is 5. The van der Waals surface area contributed by atoms with Gasteiger partial charge in [0.1, 0.15) is 5.69 Å². The van der Waals surface area contributed by atoms with Gasteiger partial charge in [0.05, 0.1) is 13.2 Å². The molecule has 1 unspecified atom stereocenters. The fourth-order valence-corrected chi connectivity index (χ4v) is 2.95. The van der Waals surface area contributed by atoms with Crippen LogP contribution in [-0.2, 0) is 4.74 Å². The molecule has 3 heterocycles. The highest BCUT2D eigenvalue weighted by Gasteiger charge is 2.17.